The number of hydroxylamine groups is 1. The van der Waals surface area contributed by atoms with E-state index in [2.05, 4.69) is 10.3 Å². The molecule has 1 atom stereocenters. The number of ether oxygens (including phenoxy) is 1. The van der Waals surface area contributed by atoms with E-state index in [0.717, 1.165) is 12.1 Å². The summed E-state index contributed by atoms with van der Waals surface area (Å²) in [5.74, 6) is -1.64. The van der Waals surface area contributed by atoms with Crippen molar-refractivity contribution >= 4 is 28.8 Å². The average molecular weight is 501 g/mol. The SMILES string of the molecule is O=C1O[C@@H](Cn2ccnn2)CN1c1cc(F)c(N2CCON(c3ccc([N+](=O)[O-])cc3)CC2)c(F)c1. The van der Waals surface area contributed by atoms with Crippen LogP contribution in [0.25, 0.3) is 0 Å². The van der Waals surface area contributed by atoms with Gasteiger partial charge in [-0.05, 0) is 12.1 Å². The van der Waals surface area contributed by atoms with Crippen LogP contribution in [-0.4, -0.2) is 64.9 Å². The van der Waals surface area contributed by atoms with Gasteiger partial charge in [-0.2, -0.15) is 0 Å². The lowest BCUT2D eigenvalue weighted by atomic mass is 10.2. The quantitative estimate of drug-likeness (QED) is 0.371. The zero-order valence-electron chi connectivity index (χ0n) is 18.9. The van der Waals surface area contributed by atoms with Crippen LogP contribution in [-0.2, 0) is 16.1 Å². The third kappa shape index (κ3) is 4.75. The molecule has 14 heteroatoms. The summed E-state index contributed by atoms with van der Waals surface area (Å²) in [5.41, 5.74) is 0.371. The van der Waals surface area contributed by atoms with E-state index in [4.69, 9.17) is 9.57 Å². The third-order valence-electron chi connectivity index (χ3n) is 5.90. The smallest absolute Gasteiger partial charge is 0.414 e. The van der Waals surface area contributed by atoms with Gasteiger partial charge in [0.05, 0.1) is 48.7 Å². The lowest BCUT2D eigenvalue weighted by molar-refractivity contribution is -0.384. The van der Waals surface area contributed by atoms with Gasteiger partial charge >= 0.3 is 6.09 Å². The number of cyclic esters (lactones) is 1. The van der Waals surface area contributed by atoms with Crippen molar-refractivity contribution in [1.29, 1.82) is 0 Å². The largest absolute Gasteiger partial charge is 0.442 e. The van der Waals surface area contributed by atoms with Gasteiger partial charge in [0.1, 0.15) is 11.8 Å². The highest BCUT2D eigenvalue weighted by Crippen LogP contribution is 2.32. The number of amides is 1. The van der Waals surface area contributed by atoms with Crippen molar-refractivity contribution in [2.24, 2.45) is 0 Å². The zero-order chi connectivity index (χ0) is 25.2. The molecule has 0 unspecified atom stereocenters. The fourth-order valence-corrected chi connectivity index (χ4v) is 4.19. The van der Waals surface area contributed by atoms with Crippen molar-refractivity contribution in [2.45, 2.75) is 12.6 Å². The van der Waals surface area contributed by atoms with E-state index < -0.39 is 28.8 Å². The first kappa shape index (κ1) is 23.4. The Morgan fingerprint density at radius 3 is 2.50 bits per heavy atom. The summed E-state index contributed by atoms with van der Waals surface area (Å²) in [7, 11) is 0. The number of halogens is 2. The summed E-state index contributed by atoms with van der Waals surface area (Å²) in [6.07, 6.45) is 1.88. The van der Waals surface area contributed by atoms with E-state index >= 15 is 8.78 Å². The highest BCUT2D eigenvalue weighted by Gasteiger charge is 2.34. The van der Waals surface area contributed by atoms with Gasteiger partial charge in [-0.1, -0.05) is 5.21 Å². The number of carbonyl (C=O) groups is 1. The van der Waals surface area contributed by atoms with E-state index in [1.807, 2.05) is 0 Å². The molecule has 2 aromatic carbocycles. The summed E-state index contributed by atoms with van der Waals surface area (Å²) in [4.78, 5) is 31.1. The highest BCUT2D eigenvalue weighted by atomic mass is 19.1. The first-order valence-corrected chi connectivity index (χ1v) is 11.1. The number of nitrogens with zero attached hydrogens (tertiary/aromatic N) is 7. The summed E-state index contributed by atoms with van der Waals surface area (Å²) in [5, 5.41) is 19.9. The van der Waals surface area contributed by atoms with E-state index in [9.17, 15) is 14.9 Å². The summed E-state index contributed by atoms with van der Waals surface area (Å²) in [6.45, 7) is 1.22. The molecular formula is C22H21F2N7O5. The number of hydrogen-bond acceptors (Lipinski definition) is 9. The Labute approximate surface area is 203 Å². The second-order valence-corrected chi connectivity index (χ2v) is 8.20. The molecule has 1 aromatic heterocycles. The van der Waals surface area contributed by atoms with Gasteiger partial charge in [-0.15, -0.1) is 5.10 Å². The molecule has 0 radical (unpaired) electrons. The molecule has 3 heterocycles. The molecule has 2 fully saturated rings. The minimum Gasteiger partial charge on any atom is -0.442 e. The van der Waals surface area contributed by atoms with Gasteiger partial charge in [0.25, 0.3) is 5.69 Å². The molecule has 0 bridgehead atoms. The maximum atomic E-state index is 15.2. The standard InChI is InChI=1S/C22H21F2N7O5/c23-19-11-17(29-14-18(36-22(29)32)13-28-6-5-25-26-28)12-20(24)21(19)27-7-8-30(35-10-9-27)15-1-3-16(4-2-15)31(33)34/h1-6,11-12,18H,7-10,13-14H2/t18-/m0/s1. The first-order chi connectivity index (χ1) is 17.4. The van der Waals surface area contributed by atoms with Crippen LogP contribution in [0.5, 0.6) is 0 Å². The molecule has 0 spiro atoms. The monoisotopic (exact) mass is 501 g/mol. The Morgan fingerprint density at radius 1 is 1.08 bits per heavy atom. The third-order valence-corrected chi connectivity index (χ3v) is 5.90. The molecule has 2 aliphatic heterocycles. The minimum atomic E-state index is -0.818. The molecule has 188 valence electrons. The predicted molar refractivity (Wildman–Crippen MR) is 123 cm³/mol. The number of benzene rings is 2. The minimum absolute atomic E-state index is 0.0500. The van der Waals surface area contributed by atoms with Gasteiger partial charge in [-0.3, -0.25) is 24.9 Å². The number of nitro groups is 1. The van der Waals surface area contributed by atoms with Crippen LogP contribution in [0.3, 0.4) is 0 Å². The second-order valence-electron chi connectivity index (χ2n) is 8.20. The van der Waals surface area contributed by atoms with Crippen LogP contribution < -0.4 is 14.9 Å². The lowest BCUT2D eigenvalue weighted by Crippen LogP contribution is -2.32. The Kier molecular flexibility index (Phi) is 6.33. The molecule has 3 aromatic rings. The van der Waals surface area contributed by atoms with Gasteiger partial charge in [0.2, 0.25) is 0 Å². The molecule has 1 amide bonds. The van der Waals surface area contributed by atoms with Crippen LogP contribution in [0.4, 0.5) is 36.3 Å². The van der Waals surface area contributed by atoms with Crippen LogP contribution in [0.2, 0.25) is 0 Å². The van der Waals surface area contributed by atoms with Gasteiger partial charge in [-0.25, -0.2) is 18.3 Å². The van der Waals surface area contributed by atoms with Gasteiger partial charge in [0.15, 0.2) is 11.6 Å². The number of aromatic nitrogens is 3. The molecular weight excluding hydrogens is 480 g/mol. The van der Waals surface area contributed by atoms with E-state index in [-0.39, 0.29) is 56.4 Å². The molecule has 0 aliphatic carbocycles. The predicted octanol–water partition coefficient (Wildman–Crippen LogP) is 2.75. The average Bonchev–Trinajstić information content (AvgIpc) is 3.42. The Balaban J connectivity index is 1.28. The number of rotatable bonds is 6. The number of hydrogen-bond donors (Lipinski definition) is 0. The summed E-state index contributed by atoms with van der Waals surface area (Å²) < 4.78 is 37.1. The lowest BCUT2D eigenvalue weighted by Gasteiger charge is -2.25. The Morgan fingerprint density at radius 2 is 1.83 bits per heavy atom. The normalized spacial score (nSPS) is 18.3. The van der Waals surface area contributed by atoms with Crippen molar-refractivity contribution in [2.75, 3.05) is 47.6 Å². The van der Waals surface area contributed by atoms with Crippen LogP contribution in [0, 0.1) is 21.7 Å². The molecule has 2 saturated heterocycles. The van der Waals surface area contributed by atoms with Crippen molar-refractivity contribution in [1.82, 2.24) is 15.0 Å². The van der Waals surface area contributed by atoms with E-state index in [1.54, 1.807) is 18.3 Å². The molecule has 0 N–H and O–H groups in total. The van der Waals surface area contributed by atoms with Crippen molar-refractivity contribution in [3.05, 3.63) is 70.5 Å². The zero-order valence-corrected chi connectivity index (χ0v) is 18.9. The number of carbonyl (C=O) groups excluding carboxylic acids is 1. The fraction of sp³-hybridized carbons (Fsp3) is 0.318. The molecule has 36 heavy (non-hydrogen) atoms. The van der Waals surface area contributed by atoms with E-state index in [0.29, 0.717) is 5.69 Å². The first-order valence-electron chi connectivity index (χ1n) is 11.1. The van der Waals surface area contributed by atoms with Crippen molar-refractivity contribution < 1.29 is 28.1 Å². The van der Waals surface area contributed by atoms with E-state index in [1.165, 1.54) is 37.9 Å². The van der Waals surface area contributed by atoms with Gasteiger partial charge in [0, 0.05) is 43.6 Å². The summed E-state index contributed by atoms with van der Waals surface area (Å²) in [6, 6.07) is 8.04. The highest BCUT2D eigenvalue weighted by molar-refractivity contribution is 5.90. The van der Waals surface area contributed by atoms with Crippen molar-refractivity contribution in [3.8, 4) is 0 Å². The number of non-ortho nitro benzene ring substituents is 1. The Hall–Kier alpha value is -4.33. The Bertz CT molecular complexity index is 1240. The maximum absolute atomic E-state index is 15.2. The van der Waals surface area contributed by atoms with Crippen LogP contribution in [0.1, 0.15) is 0 Å². The second kappa shape index (κ2) is 9.73. The molecule has 0 saturated carbocycles. The van der Waals surface area contributed by atoms with Crippen LogP contribution in [0.15, 0.2) is 48.8 Å². The summed E-state index contributed by atoms with van der Waals surface area (Å²) >= 11 is 0. The number of anilines is 3. The van der Waals surface area contributed by atoms with Gasteiger partial charge < -0.3 is 9.64 Å². The maximum Gasteiger partial charge on any atom is 0.414 e. The number of nitro benzene ring substituents is 1. The topological polar surface area (TPSA) is 119 Å². The van der Waals surface area contributed by atoms with Crippen LogP contribution >= 0.6 is 0 Å². The molecule has 12 nitrogen and oxygen atoms in total. The molecule has 2 aliphatic rings. The molecule has 5 rings (SSSR count). The fourth-order valence-electron chi connectivity index (χ4n) is 4.19. The van der Waals surface area contributed by atoms with Crippen molar-refractivity contribution in [3.63, 3.8) is 0 Å².